The van der Waals surface area contributed by atoms with E-state index in [-0.39, 0.29) is 23.2 Å². The smallest absolute Gasteiger partial charge is 0.321 e. The van der Waals surface area contributed by atoms with Gasteiger partial charge in [-0.25, -0.2) is 14.2 Å². The number of carbonyl (C=O) groups is 3. The number of anilines is 1. The summed E-state index contributed by atoms with van der Waals surface area (Å²) in [4.78, 5) is 43.3. The van der Waals surface area contributed by atoms with Gasteiger partial charge in [0, 0.05) is 6.54 Å². The molecular formula is C26H21FN4O3S. The highest BCUT2D eigenvalue weighted by Crippen LogP contribution is 2.29. The molecule has 1 aliphatic rings. The molecule has 4 rings (SSSR count). The zero-order chi connectivity index (χ0) is 24.6. The molecule has 0 atom stereocenters. The van der Waals surface area contributed by atoms with E-state index in [9.17, 15) is 18.8 Å². The summed E-state index contributed by atoms with van der Waals surface area (Å²) in [7, 11) is 0. The molecule has 4 amide bonds. The topological polar surface area (TPSA) is 90.9 Å². The minimum Gasteiger partial charge on any atom is -0.334 e. The molecule has 2 N–H and O–H groups in total. The van der Waals surface area contributed by atoms with Crippen LogP contribution in [-0.2, 0) is 16.1 Å². The van der Waals surface area contributed by atoms with Crippen molar-refractivity contribution in [2.75, 3.05) is 10.7 Å². The van der Waals surface area contributed by atoms with Gasteiger partial charge >= 0.3 is 6.03 Å². The molecule has 7 nitrogen and oxygen atoms in total. The molecule has 1 heterocycles. The SMILES string of the molecule is O=C(CSC1=NC(=Cc2ccccc2)C(=O)N1c1ccc(F)cc1)NC(=O)NCc1ccccc1. The van der Waals surface area contributed by atoms with Crippen LogP contribution in [0.25, 0.3) is 6.08 Å². The number of thioether (sulfide) groups is 1. The molecule has 0 spiro atoms. The lowest BCUT2D eigenvalue weighted by Gasteiger charge is -2.17. The summed E-state index contributed by atoms with van der Waals surface area (Å²) in [6.45, 7) is 0.278. The standard InChI is InChI=1S/C26H21FN4O3S/c27-20-11-13-21(14-12-20)31-24(33)22(15-18-7-3-1-4-8-18)29-26(31)35-17-23(32)30-25(34)28-16-19-9-5-2-6-10-19/h1-15H,16-17H2,(H2,28,30,32,34). The first-order chi connectivity index (χ1) is 17.0. The van der Waals surface area contributed by atoms with Gasteiger partial charge in [-0.2, -0.15) is 0 Å². The van der Waals surface area contributed by atoms with Crippen molar-refractivity contribution in [2.45, 2.75) is 6.54 Å². The summed E-state index contributed by atoms with van der Waals surface area (Å²) in [5, 5.41) is 5.14. The second-order valence-electron chi connectivity index (χ2n) is 7.46. The first kappa shape index (κ1) is 23.9. The summed E-state index contributed by atoms with van der Waals surface area (Å²) >= 11 is 1.00. The van der Waals surface area contributed by atoms with E-state index in [1.807, 2.05) is 60.7 Å². The number of imide groups is 1. The van der Waals surface area contributed by atoms with E-state index in [0.29, 0.717) is 5.69 Å². The molecule has 0 aromatic heterocycles. The maximum Gasteiger partial charge on any atom is 0.321 e. The van der Waals surface area contributed by atoms with Crippen molar-refractivity contribution < 1.29 is 18.8 Å². The van der Waals surface area contributed by atoms with Crippen LogP contribution < -0.4 is 15.5 Å². The van der Waals surface area contributed by atoms with Crippen molar-refractivity contribution in [3.8, 4) is 0 Å². The maximum absolute atomic E-state index is 13.4. The molecule has 0 saturated heterocycles. The summed E-state index contributed by atoms with van der Waals surface area (Å²) < 4.78 is 13.4. The average Bonchev–Trinajstić information content (AvgIpc) is 3.18. The number of amidine groups is 1. The summed E-state index contributed by atoms with van der Waals surface area (Å²) in [5.74, 6) is -1.53. The van der Waals surface area contributed by atoms with Gasteiger partial charge in [-0.3, -0.25) is 19.8 Å². The predicted molar refractivity (Wildman–Crippen MR) is 135 cm³/mol. The van der Waals surface area contributed by atoms with Gasteiger partial charge in [0.05, 0.1) is 11.4 Å². The Morgan fingerprint density at radius 3 is 2.29 bits per heavy atom. The van der Waals surface area contributed by atoms with Crippen LogP contribution in [0.15, 0.2) is 95.6 Å². The molecule has 0 aliphatic carbocycles. The Labute approximate surface area is 205 Å². The van der Waals surface area contributed by atoms with Gasteiger partial charge < -0.3 is 5.32 Å². The van der Waals surface area contributed by atoms with E-state index < -0.39 is 23.7 Å². The van der Waals surface area contributed by atoms with Gasteiger partial charge in [0.2, 0.25) is 5.91 Å². The minimum atomic E-state index is -0.621. The summed E-state index contributed by atoms with van der Waals surface area (Å²) in [6, 6.07) is 23.3. The van der Waals surface area contributed by atoms with Gasteiger partial charge in [-0.05, 0) is 41.5 Å². The number of benzene rings is 3. The summed E-state index contributed by atoms with van der Waals surface area (Å²) in [5.41, 5.74) is 2.29. The zero-order valence-corrected chi connectivity index (χ0v) is 19.3. The number of amides is 4. The fourth-order valence-corrected chi connectivity index (χ4v) is 4.05. The molecule has 0 radical (unpaired) electrons. The average molecular weight is 489 g/mol. The third-order valence-electron chi connectivity index (χ3n) is 4.90. The molecule has 0 unspecified atom stereocenters. The van der Waals surface area contributed by atoms with Gasteiger partial charge in [-0.1, -0.05) is 72.4 Å². The lowest BCUT2D eigenvalue weighted by atomic mass is 10.2. The van der Waals surface area contributed by atoms with Crippen LogP contribution in [0.3, 0.4) is 0 Å². The molecule has 176 valence electrons. The Bertz CT molecular complexity index is 1280. The number of aliphatic imine (C=N–C) groups is 1. The van der Waals surface area contributed by atoms with Crippen LogP contribution >= 0.6 is 11.8 Å². The largest absolute Gasteiger partial charge is 0.334 e. The Morgan fingerprint density at radius 1 is 0.943 bits per heavy atom. The lowest BCUT2D eigenvalue weighted by Crippen LogP contribution is -2.40. The van der Waals surface area contributed by atoms with Gasteiger partial charge in [0.1, 0.15) is 11.5 Å². The Hall–Kier alpha value is -4.24. The quantitative estimate of drug-likeness (QED) is 0.506. The van der Waals surface area contributed by atoms with E-state index in [4.69, 9.17) is 0 Å². The number of nitrogens with one attached hydrogen (secondary N) is 2. The molecule has 0 fully saturated rings. The first-order valence-electron chi connectivity index (χ1n) is 10.7. The van der Waals surface area contributed by atoms with Crippen LogP contribution in [0.2, 0.25) is 0 Å². The zero-order valence-electron chi connectivity index (χ0n) is 18.5. The molecule has 1 aliphatic heterocycles. The Kier molecular flexibility index (Phi) is 7.69. The predicted octanol–water partition coefficient (Wildman–Crippen LogP) is 4.33. The first-order valence-corrected chi connectivity index (χ1v) is 11.7. The molecule has 9 heteroatoms. The number of rotatable bonds is 6. The fraction of sp³-hybridized carbons (Fsp3) is 0.0769. The van der Waals surface area contributed by atoms with Crippen molar-refractivity contribution in [1.29, 1.82) is 0 Å². The van der Waals surface area contributed by atoms with E-state index in [2.05, 4.69) is 15.6 Å². The van der Waals surface area contributed by atoms with Crippen molar-refractivity contribution in [1.82, 2.24) is 10.6 Å². The summed E-state index contributed by atoms with van der Waals surface area (Å²) in [6.07, 6.45) is 1.64. The number of nitrogens with zero attached hydrogens (tertiary/aromatic N) is 2. The van der Waals surface area contributed by atoms with Crippen LogP contribution in [-0.4, -0.2) is 28.8 Å². The lowest BCUT2D eigenvalue weighted by molar-refractivity contribution is -0.117. The fourth-order valence-electron chi connectivity index (χ4n) is 3.23. The molecular weight excluding hydrogens is 467 g/mol. The number of urea groups is 1. The van der Waals surface area contributed by atoms with E-state index in [1.165, 1.54) is 29.2 Å². The van der Waals surface area contributed by atoms with Crippen LogP contribution in [0.5, 0.6) is 0 Å². The molecule has 3 aromatic carbocycles. The Balaban J connectivity index is 1.43. The van der Waals surface area contributed by atoms with E-state index in [0.717, 1.165) is 22.9 Å². The Morgan fingerprint density at radius 2 is 1.60 bits per heavy atom. The van der Waals surface area contributed by atoms with Crippen LogP contribution in [0.1, 0.15) is 11.1 Å². The van der Waals surface area contributed by atoms with Crippen LogP contribution in [0, 0.1) is 5.82 Å². The molecule has 0 bridgehead atoms. The number of halogens is 1. The third-order valence-corrected chi connectivity index (χ3v) is 5.84. The molecule has 0 saturated carbocycles. The molecule has 3 aromatic rings. The van der Waals surface area contributed by atoms with Gasteiger partial charge in [0.25, 0.3) is 5.91 Å². The second kappa shape index (κ2) is 11.3. The third kappa shape index (κ3) is 6.42. The minimum absolute atomic E-state index is 0.152. The van der Waals surface area contributed by atoms with Gasteiger partial charge in [-0.15, -0.1) is 0 Å². The van der Waals surface area contributed by atoms with E-state index in [1.54, 1.807) is 6.08 Å². The normalized spacial score (nSPS) is 14.1. The number of carbonyl (C=O) groups excluding carboxylic acids is 3. The molecule has 35 heavy (non-hydrogen) atoms. The van der Waals surface area contributed by atoms with Crippen LogP contribution in [0.4, 0.5) is 14.9 Å². The highest BCUT2D eigenvalue weighted by atomic mass is 32.2. The number of hydrogen-bond donors (Lipinski definition) is 2. The van der Waals surface area contributed by atoms with Crippen molar-refractivity contribution in [3.63, 3.8) is 0 Å². The van der Waals surface area contributed by atoms with Crippen molar-refractivity contribution in [2.24, 2.45) is 4.99 Å². The van der Waals surface area contributed by atoms with Gasteiger partial charge in [0.15, 0.2) is 5.17 Å². The highest BCUT2D eigenvalue weighted by molar-refractivity contribution is 8.14. The van der Waals surface area contributed by atoms with Crippen molar-refractivity contribution >= 4 is 46.5 Å². The maximum atomic E-state index is 13.4. The highest BCUT2D eigenvalue weighted by Gasteiger charge is 2.32. The van der Waals surface area contributed by atoms with E-state index >= 15 is 0 Å². The van der Waals surface area contributed by atoms with Crippen molar-refractivity contribution in [3.05, 3.63) is 108 Å². The second-order valence-corrected chi connectivity index (χ2v) is 8.40. The monoisotopic (exact) mass is 488 g/mol. The number of hydrogen-bond acceptors (Lipinski definition) is 5.